The molecule has 2 aromatic carbocycles. The summed E-state index contributed by atoms with van der Waals surface area (Å²) in [4.78, 5) is 36.6. The lowest BCUT2D eigenvalue weighted by molar-refractivity contribution is -0.145. The third kappa shape index (κ3) is 5.70. The molecule has 1 unspecified atom stereocenters. The van der Waals surface area contributed by atoms with Gasteiger partial charge in [-0.1, -0.05) is 69.3 Å². The first kappa shape index (κ1) is 25.1. The number of fused-ring (bicyclic) bond motifs is 3. The topological polar surface area (TPSA) is 105 Å². The Hall–Kier alpha value is -3.49. The quantitative estimate of drug-likeness (QED) is 0.533. The van der Waals surface area contributed by atoms with Crippen LogP contribution in [0.2, 0.25) is 0 Å². The number of rotatable bonds is 8. The van der Waals surface area contributed by atoms with Gasteiger partial charge in [-0.05, 0) is 27.7 Å². The Bertz CT molecular complexity index is 1020. The molecule has 0 aliphatic heterocycles. The molecule has 9 heteroatoms. The number of amides is 2. The molecule has 0 heterocycles. The summed E-state index contributed by atoms with van der Waals surface area (Å²) < 4.78 is 31.5. The maximum Gasteiger partial charge on any atom is 0.407 e. The number of carbonyl (C=O) groups is 3. The van der Waals surface area contributed by atoms with Crippen molar-refractivity contribution in [2.45, 2.75) is 51.6 Å². The van der Waals surface area contributed by atoms with Crippen LogP contribution in [0, 0.1) is 5.41 Å². The zero-order valence-corrected chi connectivity index (χ0v) is 19.2. The molecule has 1 aliphatic rings. The van der Waals surface area contributed by atoms with Crippen molar-refractivity contribution in [3.63, 3.8) is 0 Å². The van der Waals surface area contributed by atoms with Gasteiger partial charge in [-0.15, -0.1) is 0 Å². The maximum absolute atomic E-state index is 13.1. The van der Waals surface area contributed by atoms with E-state index < -0.39 is 48.3 Å². The molecule has 0 aromatic heterocycles. The number of nitrogens with one attached hydrogen (secondary N) is 2. The van der Waals surface area contributed by atoms with E-state index in [2.05, 4.69) is 10.6 Å². The summed E-state index contributed by atoms with van der Waals surface area (Å²) in [5, 5.41) is 13.8. The third-order valence-electron chi connectivity index (χ3n) is 5.77. The highest BCUT2D eigenvalue weighted by molar-refractivity contribution is 5.89. The summed E-state index contributed by atoms with van der Waals surface area (Å²) in [5.74, 6) is -2.56. The van der Waals surface area contributed by atoms with Crippen LogP contribution in [-0.2, 0) is 14.3 Å². The summed E-state index contributed by atoms with van der Waals surface area (Å²) in [6, 6.07) is 12.5. The molecule has 2 aromatic rings. The molecule has 0 fully saturated rings. The first-order chi connectivity index (χ1) is 16.0. The van der Waals surface area contributed by atoms with Gasteiger partial charge in [0.15, 0.2) is 0 Å². The molecule has 2 atom stereocenters. The summed E-state index contributed by atoms with van der Waals surface area (Å²) in [6.45, 7) is 4.72. The molecule has 3 N–H and O–H groups in total. The average molecular weight is 475 g/mol. The Morgan fingerprint density at radius 3 is 1.97 bits per heavy atom. The van der Waals surface area contributed by atoms with Gasteiger partial charge < -0.3 is 20.5 Å². The van der Waals surface area contributed by atoms with Crippen LogP contribution in [-0.4, -0.2) is 48.2 Å². The van der Waals surface area contributed by atoms with Crippen molar-refractivity contribution < 1.29 is 33.0 Å². The Balaban J connectivity index is 1.69. The molecule has 2 amide bonds. The lowest BCUT2D eigenvalue weighted by Gasteiger charge is -2.29. The third-order valence-corrected chi connectivity index (χ3v) is 5.77. The number of carboxylic acids is 1. The van der Waals surface area contributed by atoms with Crippen LogP contribution < -0.4 is 10.6 Å². The summed E-state index contributed by atoms with van der Waals surface area (Å²) in [5.41, 5.74) is 3.15. The average Bonchev–Trinajstić information content (AvgIpc) is 3.08. The molecule has 182 valence electrons. The van der Waals surface area contributed by atoms with Crippen molar-refractivity contribution >= 4 is 18.0 Å². The Morgan fingerprint density at radius 1 is 0.971 bits per heavy atom. The van der Waals surface area contributed by atoms with Crippen LogP contribution in [0.4, 0.5) is 13.6 Å². The minimum Gasteiger partial charge on any atom is -0.480 e. The molecule has 34 heavy (non-hydrogen) atoms. The molecule has 0 spiro atoms. The van der Waals surface area contributed by atoms with Crippen molar-refractivity contribution in [1.29, 1.82) is 0 Å². The van der Waals surface area contributed by atoms with Gasteiger partial charge >= 0.3 is 12.1 Å². The number of ether oxygens (including phenoxy) is 1. The van der Waals surface area contributed by atoms with Crippen molar-refractivity contribution in [2.75, 3.05) is 6.61 Å². The largest absolute Gasteiger partial charge is 0.480 e. The molecule has 0 bridgehead atoms. The molecule has 0 saturated carbocycles. The predicted octanol–water partition coefficient (Wildman–Crippen LogP) is 4.16. The van der Waals surface area contributed by atoms with Gasteiger partial charge in [0.1, 0.15) is 18.7 Å². The number of aliphatic carboxylic acids is 1. The first-order valence-corrected chi connectivity index (χ1v) is 10.9. The minimum absolute atomic E-state index is 0.0530. The fraction of sp³-hybridized carbons (Fsp3) is 0.400. The van der Waals surface area contributed by atoms with E-state index in [0.717, 1.165) is 22.3 Å². The minimum atomic E-state index is -2.90. The van der Waals surface area contributed by atoms with E-state index in [1.54, 1.807) is 20.8 Å². The molecular weight excluding hydrogens is 446 g/mol. The maximum atomic E-state index is 13.1. The highest BCUT2D eigenvalue weighted by Gasteiger charge is 2.36. The molecule has 0 radical (unpaired) electrons. The number of carbonyl (C=O) groups excluding carboxylic acids is 2. The monoisotopic (exact) mass is 474 g/mol. The molecule has 7 nitrogen and oxygen atoms in total. The number of halogens is 2. The fourth-order valence-electron chi connectivity index (χ4n) is 4.08. The van der Waals surface area contributed by atoms with E-state index >= 15 is 0 Å². The Labute approximate surface area is 196 Å². The number of carboxylic acid groups (broad SMARTS) is 1. The van der Waals surface area contributed by atoms with Crippen LogP contribution in [0.15, 0.2) is 48.5 Å². The Kier molecular flexibility index (Phi) is 7.54. The van der Waals surface area contributed by atoms with Gasteiger partial charge in [0.2, 0.25) is 12.3 Å². The van der Waals surface area contributed by atoms with Crippen LogP contribution in [0.25, 0.3) is 11.1 Å². The normalized spacial score (nSPS) is 14.6. The van der Waals surface area contributed by atoms with Gasteiger partial charge in [-0.2, -0.15) is 0 Å². The summed E-state index contributed by atoms with van der Waals surface area (Å²) in [7, 11) is 0. The second-order valence-corrected chi connectivity index (χ2v) is 9.30. The van der Waals surface area contributed by atoms with E-state index in [1.807, 2.05) is 48.5 Å². The van der Waals surface area contributed by atoms with Crippen LogP contribution in [0.3, 0.4) is 0 Å². The first-order valence-electron chi connectivity index (χ1n) is 10.9. The smallest absolute Gasteiger partial charge is 0.407 e. The van der Waals surface area contributed by atoms with Gasteiger partial charge in [0.05, 0.1) is 0 Å². The molecular formula is C25H28F2N2O5. The lowest BCUT2D eigenvalue weighted by Crippen LogP contribution is -2.55. The summed E-state index contributed by atoms with van der Waals surface area (Å²) in [6.07, 6.45) is -4.92. The molecule has 1 aliphatic carbocycles. The van der Waals surface area contributed by atoms with E-state index in [-0.39, 0.29) is 12.5 Å². The second kappa shape index (κ2) is 10.2. The van der Waals surface area contributed by atoms with Gasteiger partial charge in [-0.25, -0.2) is 18.4 Å². The van der Waals surface area contributed by atoms with E-state index in [1.165, 1.54) is 0 Å². The van der Waals surface area contributed by atoms with E-state index in [9.17, 15) is 28.3 Å². The highest BCUT2D eigenvalue weighted by atomic mass is 19.3. The van der Waals surface area contributed by atoms with E-state index in [0.29, 0.717) is 0 Å². The van der Waals surface area contributed by atoms with Crippen molar-refractivity contribution in [2.24, 2.45) is 5.41 Å². The molecule has 3 rings (SSSR count). The zero-order chi connectivity index (χ0) is 25.0. The zero-order valence-electron chi connectivity index (χ0n) is 19.2. The van der Waals surface area contributed by atoms with Gasteiger partial charge in [0.25, 0.3) is 0 Å². The van der Waals surface area contributed by atoms with Gasteiger partial charge in [-0.3, -0.25) is 4.79 Å². The standard InChI is InChI=1S/C25H28F2N2O5/c1-25(2,3)21(23(31)32)29-22(30)19(12-20(26)27)28-24(33)34-13-18-16-10-6-4-8-14(16)15-9-5-7-11-17(15)18/h4-11,18-21H,12-13H2,1-3H3,(H,28,33)(H,29,30)(H,31,32)/t19?,21-/m1/s1. The van der Waals surface area contributed by atoms with Crippen LogP contribution in [0.5, 0.6) is 0 Å². The van der Waals surface area contributed by atoms with Crippen molar-refractivity contribution in [3.05, 3.63) is 59.7 Å². The number of hydrogen-bond acceptors (Lipinski definition) is 4. The lowest BCUT2D eigenvalue weighted by atomic mass is 9.86. The number of alkyl carbamates (subject to hydrolysis) is 1. The predicted molar refractivity (Wildman–Crippen MR) is 122 cm³/mol. The second-order valence-electron chi connectivity index (χ2n) is 9.30. The Morgan fingerprint density at radius 2 is 1.50 bits per heavy atom. The van der Waals surface area contributed by atoms with Crippen LogP contribution >= 0.6 is 0 Å². The number of alkyl halides is 2. The van der Waals surface area contributed by atoms with Crippen LogP contribution in [0.1, 0.15) is 44.2 Å². The van der Waals surface area contributed by atoms with E-state index in [4.69, 9.17) is 4.74 Å². The fourth-order valence-corrected chi connectivity index (χ4v) is 4.08. The van der Waals surface area contributed by atoms with Crippen molar-refractivity contribution in [3.8, 4) is 11.1 Å². The SMILES string of the molecule is CC(C)(C)[C@H](NC(=O)C(CC(F)F)NC(=O)OCC1c2ccccc2-c2ccccc21)C(=O)O. The van der Waals surface area contributed by atoms with Gasteiger partial charge in [0, 0.05) is 12.3 Å². The summed E-state index contributed by atoms with van der Waals surface area (Å²) >= 11 is 0. The number of hydrogen-bond donors (Lipinski definition) is 3. The number of benzene rings is 2. The molecule has 0 saturated heterocycles. The highest BCUT2D eigenvalue weighted by Crippen LogP contribution is 2.44. The van der Waals surface area contributed by atoms with Crippen molar-refractivity contribution in [1.82, 2.24) is 10.6 Å².